The fourth-order valence-electron chi connectivity index (χ4n) is 1.92. The van der Waals surface area contributed by atoms with Crippen molar-refractivity contribution in [2.75, 3.05) is 6.61 Å². The standard InChI is InChI=1S/C16H18FNO2/c1-2-13-4-7-15(8-5-13)20-11-3-10-18-12-14(17)6-9-16(18)19/h4-9,12H,2-3,10-11H2,1H3. The number of benzene rings is 1. The lowest BCUT2D eigenvalue weighted by molar-refractivity contribution is 0.300. The molecule has 1 heterocycles. The van der Waals surface area contributed by atoms with E-state index in [9.17, 15) is 9.18 Å². The zero-order chi connectivity index (χ0) is 14.4. The summed E-state index contributed by atoms with van der Waals surface area (Å²) in [5, 5.41) is 0. The predicted molar refractivity (Wildman–Crippen MR) is 76.6 cm³/mol. The maximum Gasteiger partial charge on any atom is 0.250 e. The number of pyridine rings is 1. The number of aryl methyl sites for hydroxylation is 2. The number of nitrogens with zero attached hydrogens (tertiary/aromatic N) is 1. The van der Waals surface area contributed by atoms with E-state index in [-0.39, 0.29) is 5.56 Å². The maximum atomic E-state index is 13.0. The molecule has 0 saturated heterocycles. The fraction of sp³-hybridized carbons (Fsp3) is 0.312. The van der Waals surface area contributed by atoms with Gasteiger partial charge >= 0.3 is 0 Å². The first-order chi connectivity index (χ1) is 9.69. The molecule has 2 aromatic rings. The third kappa shape index (κ3) is 3.95. The average molecular weight is 275 g/mol. The van der Waals surface area contributed by atoms with E-state index in [1.54, 1.807) is 0 Å². The van der Waals surface area contributed by atoms with Gasteiger partial charge in [0.05, 0.1) is 6.61 Å². The van der Waals surface area contributed by atoms with Crippen LogP contribution in [0.15, 0.2) is 47.4 Å². The Morgan fingerprint density at radius 1 is 1.15 bits per heavy atom. The molecule has 0 atom stereocenters. The summed E-state index contributed by atoms with van der Waals surface area (Å²) in [5.74, 6) is 0.412. The predicted octanol–water partition coefficient (Wildman–Crippen LogP) is 3.02. The summed E-state index contributed by atoms with van der Waals surface area (Å²) < 4.78 is 19.9. The second-order valence-electron chi connectivity index (χ2n) is 4.58. The molecular formula is C16H18FNO2. The smallest absolute Gasteiger partial charge is 0.250 e. The molecule has 0 fully saturated rings. The third-order valence-electron chi connectivity index (χ3n) is 3.09. The lowest BCUT2D eigenvalue weighted by atomic mass is 10.2. The van der Waals surface area contributed by atoms with Crippen molar-refractivity contribution in [1.82, 2.24) is 4.57 Å². The van der Waals surface area contributed by atoms with Crippen molar-refractivity contribution in [1.29, 1.82) is 0 Å². The van der Waals surface area contributed by atoms with Gasteiger partial charge in [0.15, 0.2) is 0 Å². The minimum atomic E-state index is -0.402. The normalized spacial score (nSPS) is 10.5. The van der Waals surface area contributed by atoms with E-state index in [2.05, 4.69) is 6.92 Å². The van der Waals surface area contributed by atoms with Gasteiger partial charge in [-0.1, -0.05) is 19.1 Å². The zero-order valence-electron chi connectivity index (χ0n) is 11.5. The summed E-state index contributed by atoms with van der Waals surface area (Å²) in [5.41, 5.74) is 1.07. The Bertz CT molecular complexity index is 605. The molecule has 2 rings (SSSR count). The van der Waals surface area contributed by atoms with Crippen molar-refractivity contribution in [3.63, 3.8) is 0 Å². The lowest BCUT2D eigenvalue weighted by Crippen LogP contribution is -2.20. The molecule has 20 heavy (non-hydrogen) atoms. The molecule has 0 aliphatic carbocycles. The van der Waals surface area contributed by atoms with Gasteiger partial charge < -0.3 is 9.30 Å². The van der Waals surface area contributed by atoms with Crippen molar-refractivity contribution in [3.8, 4) is 5.75 Å². The zero-order valence-corrected chi connectivity index (χ0v) is 11.5. The molecule has 0 bridgehead atoms. The van der Waals surface area contributed by atoms with Crippen LogP contribution in [0.5, 0.6) is 5.75 Å². The monoisotopic (exact) mass is 275 g/mol. The van der Waals surface area contributed by atoms with E-state index < -0.39 is 5.82 Å². The highest BCUT2D eigenvalue weighted by Gasteiger charge is 1.99. The number of rotatable bonds is 6. The van der Waals surface area contributed by atoms with Crippen molar-refractivity contribution in [2.24, 2.45) is 0 Å². The van der Waals surface area contributed by atoms with Crippen LogP contribution in [0.2, 0.25) is 0 Å². The van der Waals surface area contributed by atoms with Gasteiger partial charge in [-0.2, -0.15) is 0 Å². The Labute approximate surface area is 117 Å². The minimum Gasteiger partial charge on any atom is -0.494 e. The van der Waals surface area contributed by atoms with Gasteiger partial charge in [0.25, 0.3) is 5.56 Å². The first-order valence-corrected chi connectivity index (χ1v) is 6.77. The SMILES string of the molecule is CCc1ccc(OCCCn2cc(F)ccc2=O)cc1. The molecule has 0 unspecified atom stereocenters. The number of aromatic nitrogens is 1. The van der Waals surface area contributed by atoms with Crippen molar-refractivity contribution in [2.45, 2.75) is 26.3 Å². The quantitative estimate of drug-likeness (QED) is 0.759. The van der Waals surface area contributed by atoms with E-state index in [1.807, 2.05) is 24.3 Å². The molecule has 0 spiro atoms. The van der Waals surface area contributed by atoms with E-state index in [1.165, 1.54) is 28.5 Å². The third-order valence-corrected chi connectivity index (χ3v) is 3.09. The van der Waals surface area contributed by atoms with Gasteiger partial charge in [0, 0.05) is 18.8 Å². The molecule has 0 aliphatic rings. The average Bonchev–Trinajstić information content (AvgIpc) is 2.47. The Balaban J connectivity index is 1.81. The van der Waals surface area contributed by atoms with Gasteiger partial charge in [-0.25, -0.2) is 4.39 Å². The Morgan fingerprint density at radius 2 is 1.90 bits per heavy atom. The van der Waals surface area contributed by atoms with Crippen molar-refractivity contribution < 1.29 is 9.13 Å². The van der Waals surface area contributed by atoms with Crippen molar-refractivity contribution in [3.05, 3.63) is 64.3 Å². The highest BCUT2D eigenvalue weighted by Crippen LogP contribution is 2.12. The Kier molecular flexibility index (Phi) is 4.93. The van der Waals surface area contributed by atoms with Crippen LogP contribution in [-0.4, -0.2) is 11.2 Å². The largest absolute Gasteiger partial charge is 0.494 e. The summed E-state index contributed by atoms with van der Waals surface area (Å²) in [6, 6.07) is 10.4. The summed E-state index contributed by atoms with van der Waals surface area (Å²) >= 11 is 0. The van der Waals surface area contributed by atoms with Gasteiger partial charge in [-0.05, 0) is 36.6 Å². The van der Waals surface area contributed by atoms with Gasteiger partial charge in [0.1, 0.15) is 11.6 Å². The van der Waals surface area contributed by atoms with Crippen molar-refractivity contribution >= 4 is 0 Å². The summed E-state index contributed by atoms with van der Waals surface area (Å²) in [6.07, 6.45) is 2.88. The molecule has 0 radical (unpaired) electrons. The minimum absolute atomic E-state index is 0.196. The second-order valence-corrected chi connectivity index (χ2v) is 4.58. The summed E-state index contributed by atoms with van der Waals surface area (Å²) in [4.78, 5) is 11.5. The first-order valence-electron chi connectivity index (χ1n) is 6.77. The molecule has 0 aliphatic heterocycles. The molecule has 0 saturated carbocycles. The van der Waals surface area contributed by atoms with Crippen LogP contribution in [-0.2, 0) is 13.0 Å². The highest BCUT2D eigenvalue weighted by atomic mass is 19.1. The lowest BCUT2D eigenvalue weighted by Gasteiger charge is -2.08. The molecule has 0 N–H and O–H groups in total. The Hall–Kier alpha value is -2.10. The topological polar surface area (TPSA) is 31.2 Å². The summed E-state index contributed by atoms with van der Waals surface area (Å²) in [7, 11) is 0. The van der Waals surface area contributed by atoms with E-state index >= 15 is 0 Å². The van der Waals surface area contributed by atoms with Crippen LogP contribution in [0.3, 0.4) is 0 Å². The second kappa shape index (κ2) is 6.89. The maximum absolute atomic E-state index is 13.0. The fourth-order valence-corrected chi connectivity index (χ4v) is 1.92. The summed E-state index contributed by atoms with van der Waals surface area (Å²) in [6.45, 7) is 3.05. The first kappa shape index (κ1) is 14.3. The molecular weight excluding hydrogens is 257 g/mol. The molecule has 3 nitrogen and oxygen atoms in total. The number of halogens is 1. The number of hydrogen-bond acceptors (Lipinski definition) is 2. The molecule has 1 aromatic heterocycles. The van der Waals surface area contributed by atoms with E-state index in [0.29, 0.717) is 19.6 Å². The Morgan fingerprint density at radius 3 is 2.60 bits per heavy atom. The van der Waals surface area contributed by atoms with Crippen LogP contribution in [0.25, 0.3) is 0 Å². The van der Waals surface area contributed by atoms with Crippen LogP contribution in [0.4, 0.5) is 4.39 Å². The molecule has 4 heteroatoms. The van der Waals surface area contributed by atoms with Gasteiger partial charge in [-0.3, -0.25) is 4.79 Å². The van der Waals surface area contributed by atoms with Gasteiger partial charge in [0.2, 0.25) is 0 Å². The molecule has 106 valence electrons. The van der Waals surface area contributed by atoms with Crippen LogP contribution in [0, 0.1) is 5.82 Å². The number of ether oxygens (including phenoxy) is 1. The van der Waals surface area contributed by atoms with Crippen LogP contribution in [0.1, 0.15) is 18.9 Å². The van der Waals surface area contributed by atoms with E-state index in [0.717, 1.165) is 12.2 Å². The molecule has 0 amide bonds. The van der Waals surface area contributed by atoms with Crippen LogP contribution >= 0.6 is 0 Å². The van der Waals surface area contributed by atoms with E-state index in [4.69, 9.17) is 4.74 Å². The van der Waals surface area contributed by atoms with Gasteiger partial charge in [-0.15, -0.1) is 0 Å². The number of hydrogen-bond donors (Lipinski definition) is 0. The van der Waals surface area contributed by atoms with Crippen LogP contribution < -0.4 is 10.3 Å². The highest BCUT2D eigenvalue weighted by molar-refractivity contribution is 5.27. The molecule has 1 aromatic carbocycles.